The van der Waals surface area contributed by atoms with Gasteiger partial charge in [0.2, 0.25) is 0 Å². The van der Waals surface area contributed by atoms with Crippen LogP contribution in [-0.4, -0.2) is 16.5 Å². The van der Waals surface area contributed by atoms with Crippen LogP contribution in [0, 0.1) is 5.92 Å². The van der Waals surface area contributed by atoms with Crippen molar-refractivity contribution in [3.63, 3.8) is 0 Å². The summed E-state index contributed by atoms with van der Waals surface area (Å²) >= 11 is 2.09. The van der Waals surface area contributed by atoms with Gasteiger partial charge in [0.25, 0.3) is 0 Å². The van der Waals surface area contributed by atoms with Crippen LogP contribution in [0.25, 0.3) is 0 Å². The third-order valence-electron chi connectivity index (χ3n) is 2.95. The van der Waals surface area contributed by atoms with E-state index in [0.29, 0.717) is 10.00 Å². The molecular weight excluding hydrogens is 166 g/mol. The first kappa shape index (κ1) is 10.4. The molecule has 2 heteroatoms. The maximum absolute atomic E-state index is 5.89. The summed E-state index contributed by atoms with van der Waals surface area (Å²) in [5.74, 6) is 0.815. The number of nitrogens with two attached hydrogens (primary N) is 1. The van der Waals surface area contributed by atoms with Crippen LogP contribution in [0.2, 0.25) is 0 Å². The van der Waals surface area contributed by atoms with Crippen molar-refractivity contribution in [3.8, 4) is 0 Å². The molecule has 12 heavy (non-hydrogen) atoms. The van der Waals surface area contributed by atoms with E-state index in [9.17, 15) is 0 Å². The van der Waals surface area contributed by atoms with Crippen molar-refractivity contribution in [3.05, 3.63) is 0 Å². The maximum Gasteiger partial charge on any atom is 0.0310 e. The van der Waals surface area contributed by atoms with E-state index in [1.54, 1.807) is 0 Å². The minimum absolute atomic E-state index is 0.411. The van der Waals surface area contributed by atoms with Gasteiger partial charge in [0.1, 0.15) is 0 Å². The first-order chi connectivity index (χ1) is 5.60. The summed E-state index contributed by atoms with van der Waals surface area (Å²) in [6, 6.07) is 0. The average Bonchev–Trinajstić information content (AvgIpc) is 2.32. The van der Waals surface area contributed by atoms with Crippen molar-refractivity contribution < 1.29 is 0 Å². The van der Waals surface area contributed by atoms with E-state index in [4.69, 9.17) is 5.73 Å². The Bertz CT molecular complexity index is 147. The van der Waals surface area contributed by atoms with Crippen molar-refractivity contribution >= 4 is 11.8 Å². The van der Waals surface area contributed by atoms with Gasteiger partial charge in [-0.2, -0.15) is 11.8 Å². The molecule has 0 amide bonds. The lowest BCUT2D eigenvalue weighted by Gasteiger charge is -2.33. The molecule has 1 nitrogen and oxygen atoms in total. The molecule has 1 aliphatic carbocycles. The molecule has 0 spiro atoms. The molecule has 0 radical (unpaired) electrons. The highest BCUT2D eigenvalue weighted by Crippen LogP contribution is 2.46. The van der Waals surface area contributed by atoms with Crippen LogP contribution in [0.1, 0.15) is 40.0 Å². The fourth-order valence-corrected chi connectivity index (χ4v) is 3.86. The third kappa shape index (κ3) is 1.97. The minimum Gasteiger partial charge on any atom is -0.329 e. The van der Waals surface area contributed by atoms with Crippen LogP contribution in [0.3, 0.4) is 0 Å². The van der Waals surface area contributed by atoms with Crippen molar-refractivity contribution in [2.75, 3.05) is 6.54 Å². The number of hydrogen-bond acceptors (Lipinski definition) is 2. The molecule has 0 bridgehead atoms. The van der Waals surface area contributed by atoms with Crippen molar-refractivity contribution in [1.82, 2.24) is 0 Å². The molecule has 0 aromatic carbocycles. The van der Waals surface area contributed by atoms with Gasteiger partial charge in [-0.25, -0.2) is 0 Å². The molecule has 2 atom stereocenters. The molecule has 2 N–H and O–H groups in total. The lowest BCUT2D eigenvalue weighted by atomic mass is 9.97. The average molecular weight is 187 g/mol. The van der Waals surface area contributed by atoms with Crippen molar-refractivity contribution in [1.29, 1.82) is 0 Å². The van der Waals surface area contributed by atoms with E-state index < -0.39 is 0 Å². The quantitative estimate of drug-likeness (QED) is 0.735. The van der Waals surface area contributed by atoms with Gasteiger partial charge in [0, 0.05) is 11.3 Å². The fraction of sp³-hybridized carbons (Fsp3) is 1.00. The number of hydrogen-bond donors (Lipinski definition) is 1. The Morgan fingerprint density at radius 2 is 2.25 bits per heavy atom. The molecule has 0 aromatic rings. The number of rotatable bonds is 3. The van der Waals surface area contributed by atoms with Gasteiger partial charge in [-0.15, -0.1) is 0 Å². The van der Waals surface area contributed by atoms with E-state index in [1.807, 2.05) is 0 Å². The molecule has 0 aliphatic heterocycles. The van der Waals surface area contributed by atoms with E-state index >= 15 is 0 Å². The molecule has 0 aromatic heterocycles. The van der Waals surface area contributed by atoms with E-state index in [1.165, 1.54) is 19.3 Å². The Balaban J connectivity index is 2.61. The molecule has 0 heterocycles. The largest absolute Gasteiger partial charge is 0.329 e. The standard InChI is InChI=1S/C10H21NS/c1-8(2)12-10(7-11)6-4-5-9(10)3/h8-9H,4-7,11H2,1-3H3. The highest BCUT2D eigenvalue weighted by atomic mass is 32.2. The summed E-state index contributed by atoms with van der Waals surface area (Å²) < 4.78 is 0.411. The smallest absolute Gasteiger partial charge is 0.0310 e. The second kappa shape index (κ2) is 4.01. The summed E-state index contributed by atoms with van der Waals surface area (Å²) in [7, 11) is 0. The highest BCUT2D eigenvalue weighted by molar-refractivity contribution is 8.01. The Hall–Kier alpha value is 0.310. The van der Waals surface area contributed by atoms with Gasteiger partial charge in [0.05, 0.1) is 0 Å². The van der Waals surface area contributed by atoms with Crippen LogP contribution in [0.5, 0.6) is 0 Å². The predicted molar refractivity (Wildman–Crippen MR) is 57.5 cm³/mol. The van der Waals surface area contributed by atoms with Crippen LogP contribution < -0.4 is 5.73 Å². The highest BCUT2D eigenvalue weighted by Gasteiger charge is 2.39. The summed E-state index contributed by atoms with van der Waals surface area (Å²) in [5, 5.41) is 0.717. The van der Waals surface area contributed by atoms with Gasteiger partial charge in [-0.05, 0) is 24.0 Å². The molecule has 1 saturated carbocycles. The van der Waals surface area contributed by atoms with Gasteiger partial charge < -0.3 is 5.73 Å². The lowest BCUT2D eigenvalue weighted by molar-refractivity contribution is 0.474. The molecule has 1 fully saturated rings. The zero-order valence-corrected chi connectivity index (χ0v) is 9.29. The van der Waals surface area contributed by atoms with Gasteiger partial charge >= 0.3 is 0 Å². The summed E-state index contributed by atoms with van der Waals surface area (Å²) in [6.07, 6.45) is 4.07. The second-order valence-electron chi connectivity index (χ2n) is 4.23. The van der Waals surface area contributed by atoms with Gasteiger partial charge in [0.15, 0.2) is 0 Å². The molecule has 1 rings (SSSR count). The summed E-state index contributed by atoms with van der Waals surface area (Å²) in [5.41, 5.74) is 5.89. The Morgan fingerprint density at radius 3 is 2.58 bits per heavy atom. The van der Waals surface area contributed by atoms with E-state index in [2.05, 4.69) is 32.5 Å². The SMILES string of the molecule is CC(C)SC1(CN)CCCC1C. The van der Waals surface area contributed by atoms with Crippen LogP contribution >= 0.6 is 11.8 Å². The number of thioether (sulfide) groups is 1. The second-order valence-corrected chi connectivity index (χ2v) is 6.22. The van der Waals surface area contributed by atoms with Crippen LogP contribution in [0.4, 0.5) is 0 Å². The Labute approximate surface area is 80.5 Å². The molecule has 1 aliphatic rings. The summed E-state index contributed by atoms with van der Waals surface area (Å²) in [6.45, 7) is 7.76. The zero-order chi connectivity index (χ0) is 9.19. The molecule has 72 valence electrons. The van der Waals surface area contributed by atoms with Gasteiger partial charge in [-0.3, -0.25) is 0 Å². The Morgan fingerprint density at radius 1 is 1.58 bits per heavy atom. The first-order valence-corrected chi connectivity index (χ1v) is 5.86. The molecule has 2 unspecified atom stereocenters. The summed E-state index contributed by atoms with van der Waals surface area (Å²) in [4.78, 5) is 0. The van der Waals surface area contributed by atoms with Crippen molar-refractivity contribution in [2.45, 2.75) is 50.0 Å². The van der Waals surface area contributed by atoms with Gasteiger partial charge in [-0.1, -0.05) is 27.2 Å². The van der Waals surface area contributed by atoms with Crippen LogP contribution in [0.15, 0.2) is 0 Å². The first-order valence-electron chi connectivity index (χ1n) is 4.98. The van der Waals surface area contributed by atoms with E-state index in [0.717, 1.165) is 12.5 Å². The topological polar surface area (TPSA) is 26.0 Å². The monoisotopic (exact) mass is 187 g/mol. The maximum atomic E-state index is 5.89. The third-order valence-corrected chi connectivity index (χ3v) is 4.67. The normalized spacial score (nSPS) is 36.2. The van der Waals surface area contributed by atoms with Crippen molar-refractivity contribution in [2.24, 2.45) is 11.7 Å². The Kier molecular flexibility index (Phi) is 3.47. The zero-order valence-electron chi connectivity index (χ0n) is 8.47. The predicted octanol–water partition coefficient (Wildman–Crippen LogP) is 2.65. The lowest BCUT2D eigenvalue weighted by Crippen LogP contribution is -2.38. The fourth-order valence-electron chi connectivity index (χ4n) is 2.21. The molecule has 0 saturated heterocycles. The van der Waals surface area contributed by atoms with E-state index in [-0.39, 0.29) is 0 Å². The van der Waals surface area contributed by atoms with Crippen LogP contribution in [-0.2, 0) is 0 Å². The molecular formula is C10H21NS. The minimum atomic E-state index is 0.411.